The van der Waals surface area contributed by atoms with Gasteiger partial charge in [0.25, 0.3) is 11.5 Å². The van der Waals surface area contributed by atoms with Crippen LogP contribution in [0.5, 0.6) is 0 Å². The highest BCUT2D eigenvalue weighted by Crippen LogP contribution is 2.23. The summed E-state index contributed by atoms with van der Waals surface area (Å²) in [6, 6.07) is 16.3. The molecule has 0 saturated carbocycles. The second kappa shape index (κ2) is 6.53. The Balaban J connectivity index is 1.76. The van der Waals surface area contributed by atoms with Crippen molar-refractivity contribution in [3.05, 3.63) is 82.0 Å². The van der Waals surface area contributed by atoms with Crippen LogP contribution in [0.4, 0.5) is 5.69 Å². The highest BCUT2D eigenvalue weighted by Gasteiger charge is 2.16. The third-order valence-corrected chi connectivity index (χ3v) is 4.30. The van der Waals surface area contributed by atoms with Gasteiger partial charge in [0.1, 0.15) is 0 Å². The quantitative estimate of drug-likeness (QED) is 0.588. The van der Waals surface area contributed by atoms with Gasteiger partial charge in [-0.25, -0.2) is 9.78 Å². The first-order valence-electron chi connectivity index (χ1n) is 8.46. The van der Waals surface area contributed by atoms with Gasteiger partial charge in [-0.2, -0.15) is 10.2 Å². The van der Waals surface area contributed by atoms with Crippen molar-refractivity contribution in [1.82, 2.24) is 20.0 Å². The van der Waals surface area contributed by atoms with Crippen LogP contribution in [0.3, 0.4) is 0 Å². The van der Waals surface area contributed by atoms with Gasteiger partial charge < -0.3 is 5.32 Å². The molecule has 0 saturated heterocycles. The van der Waals surface area contributed by atoms with Crippen LogP contribution in [0.1, 0.15) is 21.9 Å². The summed E-state index contributed by atoms with van der Waals surface area (Å²) in [6.45, 7) is 3.87. The number of fused-ring (bicyclic) bond motifs is 1. The molecule has 1 amide bonds. The minimum absolute atomic E-state index is 0.161. The number of rotatable bonds is 3. The van der Waals surface area contributed by atoms with Gasteiger partial charge in [0.2, 0.25) is 0 Å². The standard InChI is InChI=1S/C20H17N5O2/c1-12-11-13(2)25(24-12)17-10-6-5-9-16(17)21-20(27)18-14-7-3-4-8-15(14)19(26)23-22-18/h3-11H,1-2H3,(H,21,27)(H,23,26). The molecule has 0 aliphatic rings. The predicted molar refractivity (Wildman–Crippen MR) is 103 cm³/mol. The van der Waals surface area contributed by atoms with E-state index in [4.69, 9.17) is 0 Å². The van der Waals surface area contributed by atoms with Crippen molar-refractivity contribution in [1.29, 1.82) is 0 Å². The van der Waals surface area contributed by atoms with E-state index in [0.29, 0.717) is 16.5 Å². The zero-order chi connectivity index (χ0) is 19.0. The second-order valence-electron chi connectivity index (χ2n) is 6.26. The largest absolute Gasteiger partial charge is 0.319 e. The lowest BCUT2D eigenvalue weighted by molar-refractivity contribution is 0.102. The Hall–Kier alpha value is -3.74. The number of nitrogens with one attached hydrogen (secondary N) is 2. The number of aromatic nitrogens is 4. The van der Waals surface area contributed by atoms with E-state index >= 15 is 0 Å². The number of hydrogen-bond acceptors (Lipinski definition) is 4. The fourth-order valence-corrected chi connectivity index (χ4v) is 3.11. The first kappa shape index (κ1) is 16.7. The number of anilines is 1. The van der Waals surface area contributed by atoms with Crippen LogP contribution in [0.2, 0.25) is 0 Å². The van der Waals surface area contributed by atoms with E-state index in [1.54, 1.807) is 35.0 Å². The third-order valence-electron chi connectivity index (χ3n) is 4.30. The Kier molecular flexibility index (Phi) is 4.04. The van der Waals surface area contributed by atoms with Gasteiger partial charge in [-0.1, -0.05) is 30.3 Å². The lowest BCUT2D eigenvalue weighted by Gasteiger charge is -2.12. The molecule has 0 bridgehead atoms. The van der Waals surface area contributed by atoms with Gasteiger partial charge in [-0.15, -0.1) is 0 Å². The molecule has 4 aromatic rings. The maximum absolute atomic E-state index is 12.9. The Morgan fingerprint density at radius 2 is 1.74 bits per heavy atom. The number of carbonyl (C=O) groups is 1. The van der Waals surface area contributed by atoms with Crippen molar-refractivity contribution in [2.24, 2.45) is 0 Å². The zero-order valence-corrected chi connectivity index (χ0v) is 14.9. The first-order valence-corrected chi connectivity index (χ1v) is 8.46. The third kappa shape index (κ3) is 2.99. The molecule has 2 heterocycles. The molecule has 0 aliphatic heterocycles. The summed E-state index contributed by atoms with van der Waals surface area (Å²) in [5.74, 6) is -0.406. The number of benzene rings is 2. The minimum Gasteiger partial charge on any atom is -0.319 e. The van der Waals surface area contributed by atoms with Gasteiger partial charge in [-0.3, -0.25) is 9.59 Å². The molecule has 0 aliphatic carbocycles. The molecule has 0 atom stereocenters. The molecule has 0 fully saturated rings. The summed E-state index contributed by atoms with van der Waals surface area (Å²) in [4.78, 5) is 24.8. The van der Waals surface area contributed by atoms with Gasteiger partial charge in [-0.05, 0) is 38.1 Å². The van der Waals surface area contributed by atoms with E-state index in [0.717, 1.165) is 17.1 Å². The number of hydrogen-bond donors (Lipinski definition) is 2. The first-order chi connectivity index (χ1) is 13.0. The molecule has 0 unspecified atom stereocenters. The summed E-state index contributed by atoms with van der Waals surface area (Å²) in [5, 5.41) is 14.6. The molecule has 134 valence electrons. The molecule has 0 spiro atoms. The summed E-state index contributed by atoms with van der Waals surface area (Å²) in [5.41, 5.74) is 3.04. The molecule has 2 N–H and O–H groups in total. The van der Waals surface area contributed by atoms with Gasteiger partial charge in [0.05, 0.1) is 22.5 Å². The van der Waals surface area contributed by atoms with E-state index in [-0.39, 0.29) is 11.3 Å². The van der Waals surface area contributed by atoms with E-state index in [1.807, 2.05) is 38.1 Å². The van der Waals surface area contributed by atoms with Crippen LogP contribution in [0.15, 0.2) is 59.4 Å². The smallest absolute Gasteiger partial charge is 0.276 e. The fourth-order valence-electron chi connectivity index (χ4n) is 3.11. The van der Waals surface area contributed by atoms with Gasteiger partial charge in [0.15, 0.2) is 5.69 Å². The summed E-state index contributed by atoms with van der Waals surface area (Å²) in [7, 11) is 0. The number of nitrogens with zero attached hydrogens (tertiary/aromatic N) is 3. The highest BCUT2D eigenvalue weighted by atomic mass is 16.2. The average molecular weight is 359 g/mol. The zero-order valence-electron chi connectivity index (χ0n) is 14.9. The van der Waals surface area contributed by atoms with Crippen LogP contribution in [-0.4, -0.2) is 25.9 Å². The topological polar surface area (TPSA) is 92.7 Å². The van der Waals surface area contributed by atoms with Crippen molar-refractivity contribution in [2.75, 3.05) is 5.32 Å². The van der Waals surface area contributed by atoms with E-state index in [9.17, 15) is 9.59 Å². The molecular weight excluding hydrogens is 342 g/mol. The number of amides is 1. The number of aromatic amines is 1. The summed E-state index contributed by atoms with van der Waals surface area (Å²) >= 11 is 0. The van der Waals surface area contributed by atoms with E-state index < -0.39 is 5.91 Å². The molecule has 7 heteroatoms. The van der Waals surface area contributed by atoms with Crippen molar-refractivity contribution in [3.63, 3.8) is 0 Å². The lowest BCUT2D eigenvalue weighted by Crippen LogP contribution is -2.20. The Morgan fingerprint density at radius 3 is 2.48 bits per heavy atom. The SMILES string of the molecule is Cc1cc(C)n(-c2ccccc2NC(=O)c2n[nH]c(=O)c3ccccc23)n1. The minimum atomic E-state index is -0.406. The van der Waals surface area contributed by atoms with Crippen LogP contribution >= 0.6 is 0 Å². The van der Waals surface area contributed by atoms with Crippen molar-refractivity contribution in [2.45, 2.75) is 13.8 Å². The summed E-state index contributed by atoms with van der Waals surface area (Å²) < 4.78 is 1.78. The Morgan fingerprint density at radius 1 is 1.04 bits per heavy atom. The fraction of sp³-hybridized carbons (Fsp3) is 0.100. The predicted octanol–water partition coefficient (Wildman–Crippen LogP) is 2.98. The molecule has 4 rings (SSSR count). The normalized spacial score (nSPS) is 10.9. The van der Waals surface area contributed by atoms with Gasteiger partial charge in [0, 0.05) is 11.1 Å². The maximum Gasteiger partial charge on any atom is 0.276 e. The molecular formula is C20H17N5O2. The van der Waals surface area contributed by atoms with Crippen molar-refractivity contribution in [3.8, 4) is 5.69 Å². The molecule has 2 aromatic heterocycles. The number of aryl methyl sites for hydroxylation is 2. The second-order valence-corrected chi connectivity index (χ2v) is 6.26. The van der Waals surface area contributed by atoms with E-state index in [2.05, 4.69) is 20.6 Å². The number of para-hydroxylation sites is 2. The molecule has 27 heavy (non-hydrogen) atoms. The Labute approximate surface area is 154 Å². The molecule has 0 radical (unpaired) electrons. The Bertz CT molecular complexity index is 1220. The van der Waals surface area contributed by atoms with Gasteiger partial charge >= 0.3 is 0 Å². The maximum atomic E-state index is 12.9. The molecule has 2 aromatic carbocycles. The number of H-pyrrole nitrogens is 1. The highest BCUT2D eigenvalue weighted by molar-refractivity contribution is 6.11. The van der Waals surface area contributed by atoms with Crippen molar-refractivity contribution >= 4 is 22.4 Å². The van der Waals surface area contributed by atoms with E-state index in [1.165, 1.54) is 0 Å². The summed E-state index contributed by atoms with van der Waals surface area (Å²) in [6.07, 6.45) is 0. The monoisotopic (exact) mass is 359 g/mol. The van der Waals surface area contributed by atoms with Crippen LogP contribution in [-0.2, 0) is 0 Å². The average Bonchev–Trinajstić information content (AvgIpc) is 3.00. The number of carbonyl (C=O) groups excluding carboxylic acids is 1. The van der Waals surface area contributed by atoms with Crippen LogP contribution < -0.4 is 10.9 Å². The van der Waals surface area contributed by atoms with Crippen LogP contribution in [0.25, 0.3) is 16.5 Å². The lowest BCUT2D eigenvalue weighted by atomic mass is 10.1. The van der Waals surface area contributed by atoms with Crippen molar-refractivity contribution < 1.29 is 4.79 Å². The molecule has 7 nitrogen and oxygen atoms in total. The van der Waals surface area contributed by atoms with Crippen LogP contribution in [0, 0.1) is 13.8 Å².